The summed E-state index contributed by atoms with van der Waals surface area (Å²) in [6.45, 7) is 2.13. The second-order valence-electron chi connectivity index (χ2n) is 6.53. The second kappa shape index (κ2) is 8.16. The molecule has 5 nitrogen and oxygen atoms in total. The van der Waals surface area contributed by atoms with Crippen LogP contribution in [0.15, 0.2) is 77.8 Å². The molecule has 3 aromatic carbocycles. The van der Waals surface area contributed by atoms with Crippen molar-refractivity contribution in [2.45, 2.75) is 13.3 Å². The lowest BCUT2D eigenvalue weighted by atomic mass is 10.0. The Labute approximate surface area is 182 Å². The van der Waals surface area contributed by atoms with Crippen molar-refractivity contribution < 1.29 is 9.66 Å². The summed E-state index contributed by atoms with van der Waals surface area (Å²) in [6.07, 6.45) is 0.990. The van der Waals surface area contributed by atoms with E-state index in [1.165, 1.54) is 17.7 Å². The molecule has 0 aliphatic carbocycles. The molecule has 29 heavy (non-hydrogen) atoms. The molecule has 144 valence electrons. The van der Waals surface area contributed by atoms with Gasteiger partial charge in [0, 0.05) is 23.3 Å². The van der Waals surface area contributed by atoms with E-state index < -0.39 is 4.92 Å². The Hall–Kier alpha value is -3.00. The van der Waals surface area contributed by atoms with Gasteiger partial charge in [-0.1, -0.05) is 43.3 Å². The molecule has 6 heteroatoms. The topological polar surface area (TPSA) is 64.7 Å². The molecular formula is C23H17IN2O3. The van der Waals surface area contributed by atoms with Gasteiger partial charge >= 0.3 is 0 Å². The molecule has 0 radical (unpaired) electrons. The smallest absolute Gasteiger partial charge is 0.269 e. The summed E-state index contributed by atoms with van der Waals surface area (Å²) in [5.74, 6) is 1.15. The molecule has 0 bridgehead atoms. The SMILES string of the molecule is CCc1ccc(/C(I)=C2/OC(c3ccc([N+](=O)[O-])cc3)=Nc3ccccc32)cc1. The zero-order chi connectivity index (χ0) is 20.4. The van der Waals surface area contributed by atoms with E-state index in [4.69, 9.17) is 4.74 Å². The number of aryl methyl sites for hydroxylation is 1. The van der Waals surface area contributed by atoms with Gasteiger partial charge in [-0.15, -0.1) is 0 Å². The largest absolute Gasteiger partial charge is 0.437 e. The van der Waals surface area contributed by atoms with Gasteiger partial charge in [-0.05, 0) is 64.4 Å². The monoisotopic (exact) mass is 496 g/mol. The number of para-hydroxylation sites is 1. The molecule has 0 atom stereocenters. The van der Waals surface area contributed by atoms with Gasteiger partial charge in [0.2, 0.25) is 5.90 Å². The molecule has 1 aliphatic rings. The van der Waals surface area contributed by atoms with Crippen LogP contribution in [0.2, 0.25) is 0 Å². The van der Waals surface area contributed by atoms with Gasteiger partial charge in [0.15, 0.2) is 5.76 Å². The van der Waals surface area contributed by atoms with Crippen molar-refractivity contribution in [3.63, 3.8) is 0 Å². The van der Waals surface area contributed by atoms with Crippen LogP contribution in [-0.4, -0.2) is 10.8 Å². The van der Waals surface area contributed by atoms with E-state index in [9.17, 15) is 10.1 Å². The van der Waals surface area contributed by atoms with Crippen LogP contribution >= 0.6 is 22.6 Å². The highest BCUT2D eigenvalue weighted by atomic mass is 127. The Bertz CT molecular complexity index is 1130. The first-order valence-corrected chi connectivity index (χ1v) is 10.2. The van der Waals surface area contributed by atoms with Gasteiger partial charge in [-0.2, -0.15) is 0 Å². The predicted molar refractivity (Wildman–Crippen MR) is 123 cm³/mol. The van der Waals surface area contributed by atoms with E-state index in [0.717, 1.165) is 32.6 Å². The fourth-order valence-corrected chi connectivity index (χ4v) is 3.84. The number of hydrogen-bond donors (Lipinski definition) is 0. The maximum absolute atomic E-state index is 10.9. The lowest BCUT2D eigenvalue weighted by Crippen LogP contribution is -2.11. The highest BCUT2D eigenvalue weighted by Gasteiger charge is 2.23. The molecule has 1 aliphatic heterocycles. The van der Waals surface area contributed by atoms with Crippen molar-refractivity contribution in [3.8, 4) is 0 Å². The third kappa shape index (κ3) is 3.93. The molecule has 0 fully saturated rings. The lowest BCUT2D eigenvalue weighted by molar-refractivity contribution is -0.384. The Kier molecular flexibility index (Phi) is 5.44. The molecule has 3 aromatic rings. The first kappa shape index (κ1) is 19.3. The van der Waals surface area contributed by atoms with Crippen molar-refractivity contribution in [1.82, 2.24) is 0 Å². The Morgan fingerprint density at radius 3 is 2.38 bits per heavy atom. The molecule has 0 aromatic heterocycles. The highest BCUT2D eigenvalue weighted by Crippen LogP contribution is 2.40. The van der Waals surface area contributed by atoms with Crippen LogP contribution in [0.1, 0.15) is 29.2 Å². The van der Waals surface area contributed by atoms with Gasteiger partial charge in [0.05, 0.1) is 14.2 Å². The molecular weight excluding hydrogens is 479 g/mol. The number of halogens is 1. The molecule has 0 amide bonds. The Balaban J connectivity index is 1.79. The van der Waals surface area contributed by atoms with Crippen molar-refractivity contribution in [1.29, 1.82) is 0 Å². The summed E-state index contributed by atoms with van der Waals surface area (Å²) in [7, 11) is 0. The zero-order valence-corrected chi connectivity index (χ0v) is 17.8. The number of nitro benzene ring substituents is 1. The van der Waals surface area contributed by atoms with Crippen molar-refractivity contribution in [3.05, 3.63) is 105 Å². The number of nitro groups is 1. The summed E-state index contributed by atoms with van der Waals surface area (Å²) in [5, 5.41) is 10.9. The number of nitrogens with zero attached hydrogens (tertiary/aromatic N) is 2. The first-order chi connectivity index (χ1) is 14.1. The average Bonchev–Trinajstić information content (AvgIpc) is 2.78. The van der Waals surface area contributed by atoms with Crippen LogP contribution < -0.4 is 0 Å². The van der Waals surface area contributed by atoms with E-state index in [2.05, 4.69) is 58.8 Å². The normalized spacial score (nSPS) is 14.5. The van der Waals surface area contributed by atoms with Gasteiger partial charge in [-0.3, -0.25) is 10.1 Å². The van der Waals surface area contributed by atoms with Gasteiger partial charge < -0.3 is 4.74 Å². The van der Waals surface area contributed by atoms with E-state index >= 15 is 0 Å². The fourth-order valence-electron chi connectivity index (χ4n) is 3.08. The Morgan fingerprint density at radius 2 is 1.72 bits per heavy atom. The minimum absolute atomic E-state index is 0.0342. The number of fused-ring (bicyclic) bond motifs is 1. The predicted octanol–water partition coefficient (Wildman–Crippen LogP) is 6.53. The van der Waals surface area contributed by atoms with Gasteiger partial charge in [0.1, 0.15) is 0 Å². The molecule has 4 rings (SSSR count). The van der Waals surface area contributed by atoms with E-state index in [1.807, 2.05) is 24.3 Å². The maximum Gasteiger partial charge on any atom is 0.269 e. The lowest BCUT2D eigenvalue weighted by Gasteiger charge is -2.21. The molecule has 0 saturated carbocycles. The van der Waals surface area contributed by atoms with Crippen molar-refractivity contribution in [2.75, 3.05) is 0 Å². The summed E-state index contributed by atoms with van der Waals surface area (Å²) in [4.78, 5) is 15.1. The number of benzene rings is 3. The summed E-state index contributed by atoms with van der Waals surface area (Å²) < 4.78 is 7.20. The third-order valence-corrected chi connectivity index (χ3v) is 5.82. The van der Waals surface area contributed by atoms with Crippen LogP contribution in [0.4, 0.5) is 11.4 Å². The van der Waals surface area contributed by atoms with Gasteiger partial charge in [-0.25, -0.2) is 4.99 Å². The number of non-ortho nitro benzene ring substituents is 1. The first-order valence-electron chi connectivity index (χ1n) is 9.16. The van der Waals surface area contributed by atoms with Gasteiger partial charge in [0.25, 0.3) is 5.69 Å². The van der Waals surface area contributed by atoms with Crippen LogP contribution in [0.3, 0.4) is 0 Å². The highest BCUT2D eigenvalue weighted by molar-refractivity contribution is 14.1. The second-order valence-corrected chi connectivity index (χ2v) is 7.61. The Morgan fingerprint density at radius 1 is 1.03 bits per heavy atom. The number of rotatable bonds is 4. The number of aliphatic imine (C=N–C) groups is 1. The molecule has 0 saturated heterocycles. The molecule has 0 spiro atoms. The van der Waals surface area contributed by atoms with Crippen LogP contribution in [-0.2, 0) is 11.2 Å². The minimum Gasteiger partial charge on any atom is -0.437 e. The molecule has 0 unspecified atom stereocenters. The maximum atomic E-state index is 10.9. The van der Waals surface area contributed by atoms with Crippen LogP contribution in [0.25, 0.3) is 9.34 Å². The van der Waals surface area contributed by atoms with Crippen LogP contribution in [0.5, 0.6) is 0 Å². The van der Waals surface area contributed by atoms with E-state index in [1.54, 1.807) is 12.1 Å². The number of ether oxygens (including phenoxy) is 1. The summed E-state index contributed by atoms with van der Waals surface area (Å²) in [6, 6.07) is 22.5. The summed E-state index contributed by atoms with van der Waals surface area (Å²) in [5.41, 5.74) is 4.79. The molecule has 0 N–H and O–H groups in total. The van der Waals surface area contributed by atoms with E-state index in [0.29, 0.717) is 11.5 Å². The van der Waals surface area contributed by atoms with Crippen LogP contribution in [0, 0.1) is 10.1 Å². The minimum atomic E-state index is -0.420. The third-order valence-electron chi connectivity index (χ3n) is 4.71. The zero-order valence-electron chi connectivity index (χ0n) is 15.6. The standard InChI is InChI=1S/C23H17IN2O3/c1-2-15-7-9-16(10-8-15)21(24)22-19-5-3-4-6-20(19)25-23(29-22)17-11-13-18(14-12-17)26(27)28/h3-14H,2H2,1H3/b22-21-. The average molecular weight is 496 g/mol. The fraction of sp³-hybridized carbons (Fsp3) is 0.0870. The number of hydrogen-bond acceptors (Lipinski definition) is 4. The summed E-state index contributed by atoms with van der Waals surface area (Å²) >= 11 is 2.30. The van der Waals surface area contributed by atoms with Crippen molar-refractivity contribution in [2.24, 2.45) is 4.99 Å². The van der Waals surface area contributed by atoms with Crippen molar-refractivity contribution >= 4 is 49.2 Å². The van der Waals surface area contributed by atoms with E-state index in [-0.39, 0.29) is 5.69 Å². The molecule has 1 heterocycles. The quantitative estimate of drug-likeness (QED) is 0.235.